The third-order valence-corrected chi connectivity index (χ3v) is 10.6. The summed E-state index contributed by atoms with van der Waals surface area (Å²) >= 11 is 3.87. The molecule has 242 valence electrons. The van der Waals surface area contributed by atoms with E-state index >= 15 is 0 Å². The molecule has 0 aromatic heterocycles. The van der Waals surface area contributed by atoms with Gasteiger partial charge in [0.25, 0.3) is 11.8 Å². The first-order valence-corrected chi connectivity index (χ1v) is 18.1. The van der Waals surface area contributed by atoms with Crippen LogP contribution in [0.3, 0.4) is 0 Å². The van der Waals surface area contributed by atoms with Crippen molar-refractivity contribution in [2.24, 2.45) is 0 Å². The van der Waals surface area contributed by atoms with Crippen LogP contribution in [0, 0.1) is 0 Å². The highest BCUT2D eigenvalue weighted by Crippen LogP contribution is 2.50. The van der Waals surface area contributed by atoms with E-state index in [-0.39, 0.29) is 19.3 Å². The van der Waals surface area contributed by atoms with Gasteiger partial charge in [-0.05, 0) is 75.5 Å². The number of unbranched alkanes of at least 4 members (excludes halogenated alkanes) is 3. The average Bonchev–Trinajstić information content (AvgIpc) is 3.38. The van der Waals surface area contributed by atoms with Crippen LogP contribution < -0.4 is 4.90 Å². The van der Waals surface area contributed by atoms with Crippen LogP contribution in [0.25, 0.3) is 5.57 Å². The molecular formula is C37H43N3O4S2. The van der Waals surface area contributed by atoms with Gasteiger partial charge in [0.2, 0.25) is 0 Å². The third kappa shape index (κ3) is 8.84. The molecule has 46 heavy (non-hydrogen) atoms. The smallest absolute Gasteiger partial charge is 0.333 e. The van der Waals surface area contributed by atoms with Crippen LogP contribution in [0.15, 0.2) is 83.1 Å². The Labute approximate surface area is 281 Å². The van der Waals surface area contributed by atoms with E-state index in [2.05, 4.69) is 103 Å². The molecule has 0 spiro atoms. The Morgan fingerprint density at radius 3 is 1.91 bits per heavy atom. The minimum absolute atomic E-state index is 0.106. The number of nitrogens with zero attached hydrogens (tertiary/aromatic N) is 3. The highest BCUT2D eigenvalue weighted by Gasteiger charge is 2.33. The lowest BCUT2D eigenvalue weighted by Crippen LogP contribution is -2.31. The van der Waals surface area contributed by atoms with Gasteiger partial charge in [-0.1, -0.05) is 73.2 Å². The van der Waals surface area contributed by atoms with E-state index in [1.165, 1.54) is 37.9 Å². The standard InChI is InChI=1S/C37H43N3O4S2/c1-38(2)24-12-14-26-46-37(45-25-13-4-7-21-35(43)44-40-33(41)22-23-34(40)42)36-29-17-8-10-19-31(29)39(27-28-15-5-3-6-16-28)32-20-11-9-18-30(32)36/h3,5-6,8-11,15-20H,4,7,12-14,21-27H2,1-2H3. The molecule has 3 aromatic carbocycles. The van der Waals surface area contributed by atoms with Crippen molar-refractivity contribution in [2.45, 2.75) is 57.9 Å². The summed E-state index contributed by atoms with van der Waals surface area (Å²) in [6.07, 6.45) is 5.17. The number of carbonyl (C=O) groups is 3. The Morgan fingerprint density at radius 1 is 0.739 bits per heavy atom. The molecule has 0 bridgehead atoms. The van der Waals surface area contributed by atoms with Crippen LogP contribution in [-0.4, -0.2) is 59.9 Å². The molecule has 0 unspecified atom stereocenters. The van der Waals surface area contributed by atoms with Crippen molar-refractivity contribution in [3.63, 3.8) is 0 Å². The van der Waals surface area contributed by atoms with E-state index in [1.54, 1.807) is 0 Å². The zero-order chi connectivity index (χ0) is 32.3. The quantitative estimate of drug-likeness (QED) is 0.113. The van der Waals surface area contributed by atoms with Crippen LogP contribution in [0.5, 0.6) is 0 Å². The van der Waals surface area contributed by atoms with Crippen molar-refractivity contribution in [3.05, 3.63) is 99.8 Å². The van der Waals surface area contributed by atoms with Gasteiger partial charge in [-0.15, -0.1) is 28.6 Å². The van der Waals surface area contributed by atoms with Gasteiger partial charge >= 0.3 is 5.97 Å². The van der Waals surface area contributed by atoms with Crippen molar-refractivity contribution in [1.82, 2.24) is 9.96 Å². The second kappa shape index (κ2) is 16.9. The predicted molar refractivity (Wildman–Crippen MR) is 190 cm³/mol. The van der Waals surface area contributed by atoms with Crippen molar-refractivity contribution < 1.29 is 19.2 Å². The van der Waals surface area contributed by atoms with Crippen LogP contribution in [0.1, 0.15) is 68.1 Å². The van der Waals surface area contributed by atoms with E-state index in [0.29, 0.717) is 11.5 Å². The first kappa shape index (κ1) is 33.8. The fourth-order valence-corrected chi connectivity index (χ4v) is 8.30. The monoisotopic (exact) mass is 657 g/mol. The van der Waals surface area contributed by atoms with Crippen molar-refractivity contribution in [2.75, 3.05) is 37.0 Å². The van der Waals surface area contributed by atoms with Gasteiger partial charge in [-0.25, -0.2) is 4.79 Å². The lowest BCUT2D eigenvalue weighted by Gasteiger charge is -2.35. The minimum atomic E-state index is -0.525. The average molecular weight is 658 g/mol. The summed E-state index contributed by atoms with van der Waals surface area (Å²) in [6.45, 7) is 1.88. The molecule has 0 atom stereocenters. The van der Waals surface area contributed by atoms with Crippen molar-refractivity contribution >= 4 is 58.3 Å². The van der Waals surface area contributed by atoms with Gasteiger partial charge in [0.1, 0.15) is 0 Å². The molecule has 9 heteroatoms. The third-order valence-electron chi connectivity index (χ3n) is 8.01. The molecule has 0 saturated carbocycles. The molecule has 0 N–H and O–H groups in total. The second-order valence-corrected chi connectivity index (χ2v) is 14.3. The molecule has 1 fully saturated rings. The van der Waals surface area contributed by atoms with Gasteiger partial charge in [0.15, 0.2) is 0 Å². The molecule has 1 saturated heterocycles. The van der Waals surface area contributed by atoms with Gasteiger partial charge in [-0.3, -0.25) is 9.59 Å². The number of benzene rings is 3. The lowest BCUT2D eigenvalue weighted by molar-refractivity contribution is -0.197. The SMILES string of the molecule is CN(C)CCCCSC(SCCCCCC(=O)ON1C(=O)CCC1=O)=C1c2ccccc2N(Cc2ccccc2)c2ccccc21. The number of amides is 2. The normalized spacial score (nSPS) is 14.1. The number of thioether (sulfide) groups is 2. The number of hydrogen-bond acceptors (Lipinski definition) is 8. The summed E-state index contributed by atoms with van der Waals surface area (Å²) in [5.41, 5.74) is 7.54. The molecule has 2 amide bonds. The number of anilines is 2. The highest BCUT2D eigenvalue weighted by atomic mass is 32.2. The molecule has 2 aliphatic rings. The van der Waals surface area contributed by atoms with E-state index < -0.39 is 17.8 Å². The summed E-state index contributed by atoms with van der Waals surface area (Å²) < 4.78 is 1.34. The Bertz CT molecular complexity index is 1480. The Kier molecular flexibility index (Phi) is 12.4. The number of hydroxylamine groups is 2. The maximum Gasteiger partial charge on any atom is 0.333 e. The van der Waals surface area contributed by atoms with Crippen molar-refractivity contribution in [1.29, 1.82) is 0 Å². The van der Waals surface area contributed by atoms with Crippen LogP contribution in [-0.2, 0) is 25.8 Å². The summed E-state index contributed by atoms with van der Waals surface area (Å²) in [6, 6.07) is 28.2. The number of hydrogen-bond donors (Lipinski definition) is 0. The van der Waals surface area contributed by atoms with Crippen molar-refractivity contribution in [3.8, 4) is 0 Å². The molecule has 3 aromatic rings. The Balaban J connectivity index is 1.31. The predicted octanol–water partition coefficient (Wildman–Crippen LogP) is 8.03. The van der Waals surface area contributed by atoms with Gasteiger partial charge in [0, 0.05) is 58.1 Å². The Morgan fingerprint density at radius 2 is 1.30 bits per heavy atom. The molecule has 7 nitrogen and oxygen atoms in total. The van der Waals surface area contributed by atoms with E-state index in [1.807, 2.05) is 23.5 Å². The summed E-state index contributed by atoms with van der Waals surface area (Å²) in [5, 5.41) is 0.632. The van der Waals surface area contributed by atoms with E-state index in [0.717, 1.165) is 50.3 Å². The summed E-state index contributed by atoms with van der Waals surface area (Å²) in [5.74, 6) is 0.576. The summed E-state index contributed by atoms with van der Waals surface area (Å²) in [7, 11) is 4.25. The molecule has 5 rings (SSSR count). The molecule has 2 heterocycles. The fraction of sp³-hybridized carbons (Fsp3) is 0.378. The van der Waals surface area contributed by atoms with Crippen LogP contribution >= 0.6 is 23.5 Å². The number of imide groups is 1. The topological polar surface area (TPSA) is 70.2 Å². The number of rotatable bonds is 16. The largest absolute Gasteiger partial charge is 0.336 e. The van der Waals surface area contributed by atoms with Gasteiger partial charge in [-0.2, -0.15) is 0 Å². The maximum atomic E-state index is 12.2. The fourth-order valence-electron chi connectivity index (χ4n) is 5.67. The lowest BCUT2D eigenvalue weighted by atomic mass is 9.91. The molecule has 0 aliphatic carbocycles. The van der Waals surface area contributed by atoms with Crippen LogP contribution in [0.4, 0.5) is 11.4 Å². The summed E-state index contributed by atoms with van der Waals surface area (Å²) in [4.78, 5) is 45.4. The van der Waals surface area contributed by atoms with E-state index in [4.69, 9.17) is 4.84 Å². The highest BCUT2D eigenvalue weighted by molar-refractivity contribution is 8.22. The first-order chi connectivity index (χ1) is 22.4. The number of para-hydroxylation sites is 2. The Hall–Kier alpha value is -3.53. The molecule has 0 radical (unpaired) electrons. The minimum Gasteiger partial charge on any atom is -0.336 e. The second-order valence-electron chi connectivity index (χ2n) is 11.8. The van der Waals surface area contributed by atoms with E-state index in [9.17, 15) is 14.4 Å². The molecular weight excluding hydrogens is 615 g/mol. The van der Waals surface area contributed by atoms with Gasteiger partial charge in [0.05, 0.1) is 0 Å². The van der Waals surface area contributed by atoms with Crippen LogP contribution in [0.2, 0.25) is 0 Å². The molecule has 2 aliphatic heterocycles. The zero-order valence-electron chi connectivity index (χ0n) is 26.8. The number of carbonyl (C=O) groups excluding carboxylic acids is 3. The maximum absolute atomic E-state index is 12.2. The zero-order valence-corrected chi connectivity index (χ0v) is 28.4. The number of fused-ring (bicyclic) bond motifs is 2. The first-order valence-electron chi connectivity index (χ1n) is 16.1. The van der Waals surface area contributed by atoms with Gasteiger partial charge < -0.3 is 14.6 Å².